The van der Waals surface area contributed by atoms with Gasteiger partial charge in [-0.25, -0.2) is 4.98 Å². The Morgan fingerprint density at radius 1 is 1.03 bits per heavy atom. The number of carbonyl (C=O) groups excluding carboxylic acids is 1. The maximum Gasteiger partial charge on any atom is 0.251 e. The fourth-order valence-electron chi connectivity index (χ4n) is 5.12. The number of benzene rings is 1. The molecule has 156 valence electrons. The van der Waals surface area contributed by atoms with Crippen LogP contribution in [0.2, 0.25) is 0 Å². The molecule has 0 aliphatic heterocycles. The van der Waals surface area contributed by atoms with E-state index in [9.17, 15) is 9.90 Å². The second-order valence-electron chi connectivity index (χ2n) is 8.89. The van der Waals surface area contributed by atoms with E-state index in [1.807, 2.05) is 24.7 Å². The number of hydrogen-bond acceptors (Lipinski definition) is 3. The first-order chi connectivity index (χ1) is 14.7. The van der Waals surface area contributed by atoms with Crippen LogP contribution in [0.3, 0.4) is 0 Å². The van der Waals surface area contributed by atoms with E-state index >= 15 is 0 Å². The standard InChI is InChI=1S/C25H29N3O2/c1-26-25(30)20-10-4-17(5-11-20)16-2-8-19(9-3-16)24(29)23-22(18-6-7-18)13-12-21-14-27-15-28(21)23/h4-5,10-16,18-19,24,29H,2-3,6-9H2,1H3,(H,26,30)/t16-,19-,24-/m0/s1. The monoisotopic (exact) mass is 403 g/mol. The van der Waals surface area contributed by atoms with Gasteiger partial charge in [0.1, 0.15) is 0 Å². The predicted octanol–water partition coefficient (Wildman–Crippen LogP) is 4.58. The number of hydrogen-bond donors (Lipinski definition) is 2. The Balaban J connectivity index is 1.31. The van der Waals surface area contributed by atoms with Crippen LogP contribution in [0.1, 0.15) is 83.6 Å². The first-order valence-electron chi connectivity index (χ1n) is 11.1. The molecule has 2 aromatic heterocycles. The van der Waals surface area contributed by atoms with Crippen molar-refractivity contribution in [2.24, 2.45) is 5.92 Å². The smallest absolute Gasteiger partial charge is 0.251 e. The lowest BCUT2D eigenvalue weighted by atomic mass is 9.75. The zero-order chi connectivity index (χ0) is 20.7. The number of nitrogens with zero attached hydrogens (tertiary/aromatic N) is 2. The molecule has 30 heavy (non-hydrogen) atoms. The summed E-state index contributed by atoms with van der Waals surface area (Å²) in [6, 6.07) is 12.3. The molecule has 5 nitrogen and oxygen atoms in total. The van der Waals surface area contributed by atoms with Gasteiger partial charge in [0.2, 0.25) is 0 Å². The molecule has 2 saturated carbocycles. The van der Waals surface area contributed by atoms with Crippen molar-refractivity contribution in [3.63, 3.8) is 0 Å². The highest BCUT2D eigenvalue weighted by Crippen LogP contribution is 2.47. The van der Waals surface area contributed by atoms with Crippen molar-refractivity contribution in [1.29, 1.82) is 0 Å². The van der Waals surface area contributed by atoms with Gasteiger partial charge < -0.3 is 14.8 Å². The van der Waals surface area contributed by atoms with Crippen molar-refractivity contribution >= 4 is 11.4 Å². The van der Waals surface area contributed by atoms with Crippen molar-refractivity contribution in [2.75, 3.05) is 7.05 Å². The molecule has 0 unspecified atom stereocenters. The summed E-state index contributed by atoms with van der Waals surface area (Å²) in [5, 5.41) is 14.1. The molecule has 0 saturated heterocycles. The van der Waals surface area contributed by atoms with Gasteiger partial charge in [0.25, 0.3) is 5.91 Å². The van der Waals surface area contributed by atoms with Crippen LogP contribution in [0.4, 0.5) is 0 Å². The Hall–Kier alpha value is -2.66. The largest absolute Gasteiger partial charge is 0.387 e. The van der Waals surface area contributed by atoms with E-state index in [-0.39, 0.29) is 11.8 Å². The molecule has 5 rings (SSSR count). The number of nitrogens with one attached hydrogen (secondary N) is 1. The maximum atomic E-state index is 11.8. The molecule has 2 aliphatic carbocycles. The van der Waals surface area contributed by atoms with Gasteiger partial charge in [-0.2, -0.15) is 0 Å². The fourth-order valence-corrected chi connectivity index (χ4v) is 5.12. The lowest BCUT2D eigenvalue weighted by Crippen LogP contribution is -2.22. The van der Waals surface area contributed by atoms with Crippen molar-refractivity contribution in [3.8, 4) is 0 Å². The quantitative estimate of drug-likeness (QED) is 0.655. The third kappa shape index (κ3) is 3.52. The summed E-state index contributed by atoms with van der Waals surface area (Å²) in [4.78, 5) is 16.1. The van der Waals surface area contributed by atoms with Crippen LogP contribution in [0, 0.1) is 5.92 Å². The number of aliphatic hydroxyl groups excluding tert-OH is 1. The Kier molecular flexibility index (Phi) is 5.07. The highest BCUT2D eigenvalue weighted by Gasteiger charge is 2.34. The number of amides is 1. The topological polar surface area (TPSA) is 66.6 Å². The van der Waals surface area contributed by atoms with Gasteiger partial charge >= 0.3 is 0 Å². The van der Waals surface area contributed by atoms with E-state index in [0.717, 1.165) is 36.9 Å². The number of carbonyl (C=O) groups is 1. The van der Waals surface area contributed by atoms with Gasteiger partial charge in [-0.15, -0.1) is 0 Å². The average Bonchev–Trinajstić information content (AvgIpc) is 3.54. The zero-order valence-electron chi connectivity index (χ0n) is 17.4. The number of rotatable bonds is 5. The third-order valence-corrected chi connectivity index (χ3v) is 7.04. The lowest BCUT2D eigenvalue weighted by Gasteiger charge is -2.33. The predicted molar refractivity (Wildman–Crippen MR) is 117 cm³/mol. The fraction of sp³-hybridized carbons (Fsp3) is 0.440. The molecule has 1 amide bonds. The van der Waals surface area contributed by atoms with Crippen molar-refractivity contribution in [3.05, 3.63) is 71.3 Å². The van der Waals surface area contributed by atoms with Crippen molar-refractivity contribution in [1.82, 2.24) is 14.7 Å². The van der Waals surface area contributed by atoms with Crippen molar-refractivity contribution < 1.29 is 9.90 Å². The van der Waals surface area contributed by atoms with Gasteiger partial charge in [0.15, 0.2) is 0 Å². The second-order valence-corrected chi connectivity index (χ2v) is 8.89. The van der Waals surface area contributed by atoms with E-state index in [2.05, 4.69) is 39.0 Å². The molecule has 5 heteroatoms. The van der Waals surface area contributed by atoms with Crippen LogP contribution in [-0.4, -0.2) is 27.4 Å². The molecule has 3 aromatic rings. The van der Waals surface area contributed by atoms with Gasteiger partial charge in [0.05, 0.1) is 29.8 Å². The molecule has 0 bridgehead atoms. The van der Waals surface area contributed by atoms with Crippen LogP contribution in [0.5, 0.6) is 0 Å². The number of fused-ring (bicyclic) bond motifs is 1. The maximum absolute atomic E-state index is 11.8. The van der Waals surface area contributed by atoms with Gasteiger partial charge in [0, 0.05) is 12.6 Å². The average molecular weight is 404 g/mol. The van der Waals surface area contributed by atoms with Crippen LogP contribution >= 0.6 is 0 Å². The SMILES string of the molecule is CNC(=O)c1ccc([C@H]2CC[C@H]([C@H](O)c3c(C4CC4)ccc4cncn34)CC2)cc1. The minimum Gasteiger partial charge on any atom is -0.387 e. The molecule has 1 atom stereocenters. The minimum absolute atomic E-state index is 0.0477. The van der Waals surface area contributed by atoms with Gasteiger partial charge in [-0.3, -0.25) is 4.79 Å². The summed E-state index contributed by atoms with van der Waals surface area (Å²) in [5.74, 6) is 1.32. The summed E-state index contributed by atoms with van der Waals surface area (Å²) in [7, 11) is 1.65. The second kappa shape index (κ2) is 7.88. The number of pyridine rings is 1. The highest BCUT2D eigenvalue weighted by molar-refractivity contribution is 5.93. The van der Waals surface area contributed by atoms with E-state index in [0.29, 0.717) is 17.4 Å². The summed E-state index contributed by atoms with van der Waals surface area (Å²) >= 11 is 0. The van der Waals surface area contributed by atoms with E-state index < -0.39 is 6.10 Å². The third-order valence-electron chi connectivity index (χ3n) is 7.04. The van der Waals surface area contributed by atoms with E-state index in [1.165, 1.54) is 24.0 Å². The van der Waals surface area contributed by atoms with E-state index in [4.69, 9.17) is 0 Å². The minimum atomic E-state index is -0.449. The molecular weight excluding hydrogens is 374 g/mol. The molecule has 0 radical (unpaired) electrons. The molecule has 2 aliphatic rings. The van der Waals surface area contributed by atoms with Crippen LogP contribution in [0.25, 0.3) is 5.52 Å². The molecule has 2 N–H and O–H groups in total. The molecule has 2 fully saturated rings. The zero-order valence-corrected chi connectivity index (χ0v) is 17.4. The summed E-state index contributed by atoms with van der Waals surface area (Å²) in [6.07, 6.45) is 9.87. The summed E-state index contributed by atoms with van der Waals surface area (Å²) < 4.78 is 2.10. The normalized spacial score (nSPS) is 22.7. The Labute approximate surface area is 177 Å². The number of aromatic nitrogens is 2. The Morgan fingerprint density at radius 2 is 1.73 bits per heavy atom. The number of aliphatic hydroxyl groups is 1. The lowest BCUT2D eigenvalue weighted by molar-refractivity contribution is 0.0754. The number of imidazole rings is 1. The molecule has 1 aromatic carbocycles. The Morgan fingerprint density at radius 3 is 2.40 bits per heavy atom. The van der Waals surface area contributed by atoms with Crippen LogP contribution in [0.15, 0.2) is 48.9 Å². The van der Waals surface area contributed by atoms with Crippen LogP contribution in [-0.2, 0) is 0 Å². The summed E-state index contributed by atoms with van der Waals surface area (Å²) in [6.45, 7) is 0. The van der Waals surface area contributed by atoms with Crippen LogP contribution < -0.4 is 5.32 Å². The van der Waals surface area contributed by atoms with Gasteiger partial charge in [-0.05, 0) is 85.6 Å². The summed E-state index contributed by atoms with van der Waals surface area (Å²) in [5.41, 5.74) is 5.42. The first kappa shape index (κ1) is 19.3. The van der Waals surface area contributed by atoms with E-state index in [1.54, 1.807) is 7.05 Å². The highest BCUT2D eigenvalue weighted by atomic mass is 16.3. The van der Waals surface area contributed by atoms with Crippen molar-refractivity contribution in [2.45, 2.75) is 56.5 Å². The Bertz CT molecular complexity index is 1040. The molecule has 2 heterocycles. The molecular formula is C25H29N3O2. The molecule has 0 spiro atoms. The first-order valence-corrected chi connectivity index (χ1v) is 11.1. The van der Waals surface area contributed by atoms with Gasteiger partial charge in [-0.1, -0.05) is 18.2 Å².